The number of nitrogen functional groups attached to an aromatic ring is 2. The van der Waals surface area contributed by atoms with Gasteiger partial charge in [0.25, 0.3) is 23.0 Å². The van der Waals surface area contributed by atoms with Gasteiger partial charge in [-0.2, -0.15) is 8.62 Å². The van der Waals surface area contributed by atoms with E-state index in [0.717, 1.165) is 9.13 Å². The highest BCUT2D eigenvalue weighted by atomic mass is 31.3. The van der Waals surface area contributed by atoms with Crippen molar-refractivity contribution in [2.75, 3.05) is 24.7 Å². The molecule has 6 rings (SSSR count). The molecule has 2 aliphatic rings. The van der Waals surface area contributed by atoms with Crippen molar-refractivity contribution >= 4 is 65.5 Å². The summed E-state index contributed by atoms with van der Waals surface area (Å²) in [7, 11) is -19.9. The summed E-state index contributed by atoms with van der Waals surface area (Å²) in [5.74, 6) is -0.642. The van der Waals surface area contributed by atoms with Crippen LogP contribution in [0.4, 0.5) is 11.9 Å². The molecule has 60 heavy (non-hydrogen) atoms. The maximum absolute atomic E-state index is 12.9. The highest BCUT2D eigenvalue weighted by Gasteiger charge is 2.53. The fourth-order valence-corrected chi connectivity index (χ4v) is 11.0. The predicted molar refractivity (Wildman–Crippen MR) is 192 cm³/mol. The SMILES string of the molecule is CC(C)OP(=O)(O)O[C@@H]1C(O)[C@H]([n+]2cn(C)c3c(=O)[nH]c(N)nc32)O[C@@H]1COP(=O)(O)OP(=O)(O)OP(=O)(O)OC[C@H]1O[C@@H]([n+]2cn(C)c3c(=O)[nH]c(N)nc32)C(O)C1O. The first kappa shape index (κ1) is 46.1. The topological polar surface area (TPSA) is 445 Å². The molecule has 0 bridgehead atoms. The second-order valence-corrected chi connectivity index (χ2v) is 19.5. The molecule has 0 radical (unpaired) electrons. The minimum atomic E-state index is -6.12. The first-order chi connectivity index (χ1) is 27.7. The van der Waals surface area contributed by atoms with E-state index in [1.807, 2.05) is 0 Å². The molecule has 35 heteroatoms. The van der Waals surface area contributed by atoms with Crippen molar-refractivity contribution in [3.63, 3.8) is 0 Å². The van der Waals surface area contributed by atoms with Crippen LogP contribution in [0.1, 0.15) is 26.3 Å². The molecule has 0 spiro atoms. The highest BCUT2D eigenvalue weighted by molar-refractivity contribution is 7.66. The number of aryl methyl sites for hydroxylation is 2. The summed E-state index contributed by atoms with van der Waals surface area (Å²) in [5.41, 5.74) is 9.63. The fraction of sp³-hybridized carbons (Fsp3) is 0.600. The largest absolute Gasteiger partial charge is 0.490 e. The van der Waals surface area contributed by atoms with Gasteiger partial charge in [-0.25, -0.2) is 27.4 Å². The van der Waals surface area contributed by atoms with Crippen molar-refractivity contribution in [2.45, 2.75) is 69.0 Å². The van der Waals surface area contributed by atoms with Crippen LogP contribution >= 0.6 is 31.3 Å². The Labute approximate surface area is 334 Å². The van der Waals surface area contributed by atoms with Crippen molar-refractivity contribution in [3.05, 3.63) is 33.4 Å². The van der Waals surface area contributed by atoms with Gasteiger partial charge >= 0.3 is 42.6 Å². The number of aromatic amines is 2. The Morgan fingerprint density at radius 1 is 0.733 bits per heavy atom. The van der Waals surface area contributed by atoms with E-state index in [9.17, 15) is 62.7 Å². The second kappa shape index (κ2) is 16.7. The zero-order valence-electron chi connectivity index (χ0n) is 31.2. The van der Waals surface area contributed by atoms with E-state index in [4.69, 9.17) is 34.5 Å². The molecule has 0 saturated carbocycles. The number of nitrogens with one attached hydrogen (secondary N) is 2. The Hall–Kier alpha value is -3.38. The molecule has 334 valence electrons. The van der Waals surface area contributed by atoms with Gasteiger partial charge in [-0.05, 0) is 13.8 Å². The van der Waals surface area contributed by atoms with Crippen molar-refractivity contribution in [3.8, 4) is 0 Å². The van der Waals surface area contributed by atoms with Crippen LogP contribution in [0.15, 0.2) is 22.2 Å². The molecule has 0 aliphatic carbocycles. The molecule has 2 fully saturated rings. The van der Waals surface area contributed by atoms with Gasteiger partial charge in [0.05, 0.1) is 33.4 Å². The third kappa shape index (κ3) is 9.79. The minimum absolute atomic E-state index is 0.00787. The number of H-pyrrole nitrogens is 2. The Morgan fingerprint density at radius 2 is 1.17 bits per heavy atom. The summed E-state index contributed by atoms with van der Waals surface area (Å²) in [6.45, 7) is 0.384. The first-order valence-corrected chi connectivity index (χ1v) is 22.9. The normalized spacial score (nSPS) is 28.9. The molecule has 12 atom stereocenters. The number of rotatable bonds is 16. The zero-order valence-corrected chi connectivity index (χ0v) is 34.8. The van der Waals surface area contributed by atoms with E-state index in [1.165, 1.54) is 49.7 Å². The van der Waals surface area contributed by atoms with Crippen LogP contribution in [0.25, 0.3) is 22.3 Å². The smallest absolute Gasteiger partial charge is 0.387 e. The van der Waals surface area contributed by atoms with E-state index < -0.39 is 111 Å². The third-order valence-corrected chi connectivity index (χ3v) is 14.0. The van der Waals surface area contributed by atoms with Crippen molar-refractivity contribution < 1.29 is 98.5 Å². The first-order valence-electron chi connectivity index (χ1n) is 16.9. The number of anilines is 2. The minimum Gasteiger partial charge on any atom is -0.387 e. The lowest BCUT2D eigenvalue weighted by molar-refractivity contribution is -0.746. The second-order valence-electron chi connectivity index (χ2n) is 13.5. The monoisotopic (exact) mass is 940 g/mol. The summed E-state index contributed by atoms with van der Waals surface area (Å²) in [6.07, 6.45) is -12.5. The number of fused-ring (bicyclic) bond motifs is 2. The summed E-state index contributed by atoms with van der Waals surface area (Å²) in [4.78, 5) is 78.5. The Kier molecular flexibility index (Phi) is 12.9. The van der Waals surface area contributed by atoms with E-state index in [0.29, 0.717) is 0 Å². The molecular weight excluding hydrogens is 900 g/mol. The number of phosphoric ester groups is 3. The van der Waals surface area contributed by atoms with Gasteiger partial charge < -0.3 is 55.8 Å². The average Bonchev–Trinajstić information content (AvgIpc) is 3.78. The van der Waals surface area contributed by atoms with Gasteiger partial charge in [0.2, 0.25) is 23.5 Å². The molecule has 0 aromatic carbocycles. The maximum atomic E-state index is 12.9. The van der Waals surface area contributed by atoms with E-state index >= 15 is 0 Å². The van der Waals surface area contributed by atoms with Crippen LogP contribution in [0, 0.1) is 0 Å². The van der Waals surface area contributed by atoms with Crippen molar-refractivity contribution in [1.82, 2.24) is 29.1 Å². The Balaban J connectivity index is 1.12. The van der Waals surface area contributed by atoms with Crippen LogP contribution in [0.5, 0.6) is 0 Å². The van der Waals surface area contributed by atoms with Crippen LogP contribution < -0.4 is 31.7 Å². The van der Waals surface area contributed by atoms with Crippen LogP contribution in [-0.4, -0.2) is 120 Å². The fourth-order valence-electron chi connectivity index (χ4n) is 6.32. The van der Waals surface area contributed by atoms with Gasteiger partial charge in [-0.1, -0.05) is 9.97 Å². The van der Waals surface area contributed by atoms with Crippen molar-refractivity contribution in [2.24, 2.45) is 14.1 Å². The zero-order chi connectivity index (χ0) is 44.4. The highest BCUT2D eigenvalue weighted by Crippen LogP contribution is 2.68. The van der Waals surface area contributed by atoms with E-state index in [-0.39, 0.29) is 34.2 Å². The molecule has 7 unspecified atom stereocenters. The molecule has 13 N–H and O–H groups in total. The Bertz CT molecular complexity index is 2600. The number of imidazole rings is 2. The molecule has 0 amide bonds. The van der Waals surface area contributed by atoms with Gasteiger partial charge in [-0.3, -0.25) is 46.8 Å². The number of aromatic nitrogens is 8. The quantitative estimate of drug-likeness (QED) is 0.0382. The van der Waals surface area contributed by atoms with Crippen LogP contribution in [0.2, 0.25) is 0 Å². The molecular formula is C25H40N10O21P4+2. The van der Waals surface area contributed by atoms with Gasteiger partial charge in [-0.15, -0.1) is 0 Å². The predicted octanol–water partition coefficient (Wildman–Crippen LogP) is -3.57. The van der Waals surface area contributed by atoms with Gasteiger partial charge in [0, 0.05) is 0 Å². The lowest BCUT2D eigenvalue weighted by Gasteiger charge is -2.24. The third-order valence-electron chi connectivity index (χ3n) is 8.59. The van der Waals surface area contributed by atoms with Gasteiger partial charge in [0.15, 0.2) is 12.7 Å². The van der Waals surface area contributed by atoms with Crippen LogP contribution in [-0.2, 0) is 68.5 Å². The van der Waals surface area contributed by atoms with Crippen LogP contribution in [0.3, 0.4) is 0 Å². The summed E-state index contributed by atoms with van der Waals surface area (Å²) >= 11 is 0. The average molecular weight is 941 g/mol. The summed E-state index contributed by atoms with van der Waals surface area (Å²) in [6, 6.07) is 0. The summed E-state index contributed by atoms with van der Waals surface area (Å²) in [5, 5.41) is 32.5. The lowest BCUT2D eigenvalue weighted by Crippen LogP contribution is -2.46. The Morgan fingerprint density at radius 3 is 1.63 bits per heavy atom. The number of nitrogens with two attached hydrogens (primary N) is 2. The van der Waals surface area contributed by atoms with E-state index in [2.05, 4.69) is 33.1 Å². The molecule has 2 saturated heterocycles. The van der Waals surface area contributed by atoms with Gasteiger partial charge in [0.1, 0.15) is 36.6 Å². The molecule has 6 heterocycles. The molecule has 4 aromatic rings. The standard InChI is InChI=1S/C25H38N10O21P4/c1-9(2)53-59(45,46)54-17-11(52-23(16(17)38)35-8-33(4)13-19(35)29-25(27)31-21(13)40)6-50-58(43,44)56-60(47,48)55-57(41,42)49-5-10-14(36)15(37)22(51-10)34-7-32(3)12-18(34)28-24(26)30-20(12)39/h7-11,14-17,22-23,36-38H,5-6H2,1-4H3,(H8-2,26,27,28,29,30,31,39,40,41,42,43,44,45,46,47,48)/p+2/t10-,11-,14?,15?,16?,17+,22-,23-/m1/s1. The maximum Gasteiger partial charge on any atom is 0.490 e. The number of hydrogen-bond donors (Lipinski definition) is 11. The molecule has 4 aromatic heterocycles. The molecule has 31 nitrogen and oxygen atoms in total. The number of aliphatic hydroxyl groups excluding tert-OH is 3. The number of nitrogens with zero attached hydrogens (tertiary/aromatic N) is 6. The number of ether oxygens (including phenoxy) is 2. The lowest BCUT2D eigenvalue weighted by atomic mass is 10.1. The number of aliphatic hydroxyl groups is 3. The number of hydrogen-bond acceptors (Lipinski definition) is 21. The molecule has 2 aliphatic heterocycles. The summed E-state index contributed by atoms with van der Waals surface area (Å²) < 4.78 is 94.6. The number of phosphoric acid groups is 4. The van der Waals surface area contributed by atoms with Crippen molar-refractivity contribution in [1.29, 1.82) is 0 Å². The van der Waals surface area contributed by atoms with E-state index in [1.54, 1.807) is 0 Å².